The van der Waals surface area contributed by atoms with Crippen LogP contribution in [0.5, 0.6) is 0 Å². The zero-order valence-corrected chi connectivity index (χ0v) is 11.8. The van der Waals surface area contributed by atoms with Crippen molar-refractivity contribution < 1.29 is 19.1 Å². The van der Waals surface area contributed by atoms with Gasteiger partial charge < -0.3 is 15.2 Å². The highest BCUT2D eigenvalue weighted by molar-refractivity contribution is 5.84. The lowest BCUT2D eigenvalue weighted by atomic mass is 9.78. The topological polar surface area (TPSA) is 69.2 Å². The molecule has 4 nitrogen and oxygen atoms in total. The van der Waals surface area contributed by atoms with Crippen molar-refractivity contribution in [2.75, 3.05) is 6.54 Å². The van der Waals surface area contributed by atoms with Crippen LogP contribution >= 0.6 is 0 Å². The van der Waals surface area contributed by atoms with Gasteiger partial charge in [0.1, 0.15) is 5.82 Å². The molecular weight excluding hydrogens is 273 g/mol. The van der Waals surface area contributed by atoms with Crippen LogP contribution in [0.2, 0.25) is 0 Å². The van der Waals surface area contributed by atoms with Gasteiger partial charge in [0.05, 0.1) is 0 Å². The largest absolute Gasteiger partial charge is 0.550 e. The van der Waals surface area contributed by atoms with E-state index in [0.29, 0.717) is 25.8 Å². The highest BCUT2D eigenvalue weighted by atomic mass is 19.1. The molecule has 1 aromatic carbocycles. The number of aliphatic carboxylic acids is 1. The zero-order valence-electron chi connectivity index (χ0n) is 11.8. The van der Waals surface area contributed by atoms with E-state index in [1.54, 1.807) is 12.1 Å². The summed E-state index contributed by atoms with van der Waals surface area (Å²) in [7, 11) is 0. The molecule has 0 saturated heterocycles. The van der Waals surface area contributed by atoms with E-state index in [0.717, 1.165) is 18.4 Å². The summed E-state index contributed by atoms with van der Waals surface area (Å²) < 4.78 is 12.8. The summed E-state index contributed by atoms with van der Waals surface area (Å²) in [5.74, 6) is -2.80. The maximum absolute atomic E-state index is 12.8. The molecule has 0 heterocycles. The molecule has 1 aliphatic rings. The van der Waals surface area contributed by atoms with Crippen molar-refractivity contribution in [2.24, 2.45) is 11.8 Å². The van der Waals surface area contributed by atoms with Gasteiger partial charge in [0.2, 0.25) is 5.91 Å². The first-order chi connectivity index (χ1) is 10.1. The Balaban J connectivity index is 1.83. The molecule has 5 heteroatoms. The van der Waals surface area contributed by atoms with Crippen molar-refractivity contribution in [2.45, 2.75) is 32.1 Å². The minimum atomic E-state index is -1.13. The summed E-state index contributed by atoms with van der Waals surface area (Å²) in [5.41, 5.74) is 0.928. The van der Waals surface area contributed by atoms with Gasteiger partial charge in [0.25, 0.3) is 0 Å². The molecule has 0 bridgehead atoms. The molecule has 1 N–H and O–H groups in total. The Morgan fingerprint density at radius 1 is 1.14 bits per heavy atom. The molecule has 21 heavy (non-hydrogen) atoms. The Hall–Kier alpha value is -1.91. The van der Waals surface area contributed by atoms with Gasteiger partial charge in [-0.15, -0.1) is 0 Å². The minimum Gasteiger partial charge on any atom is -0.550 e. The molecule has 1 amide bonds. The summed E-state index contributed by atoms with van der Waals surface area (Å²) in [6.45, 7) is 0.417. The number of halogens is 1. The summed E-state index contributed by atoms with van der Waals surface area (Å²) in [5, 5.41) is 13.8. The van der Waals surface area contributed by atoms with Crippen LogP contribution in [0.1, 0.15) is 31.2 Å². The summed E-state index contributed by atoms with van der Waals surface area (Å²) in [4.78, 5) is 23.2. The molecule has 114 valence electrons. The van der Waals surface area contributed by atoms with E-state index in [9.17, 15) is 19.1 Å². The molecule has 1 fully saturated rings. The number of nitrogens with one attached hydrogen (secondary N) is 1. The van der Waals surface area contributed by atoms with Gasteiger partial charge in [-0.05, 0) is 37.0 Å². The van der Waals surface area contributed by atoms with E-state index < -0.39 is 17.8 Å². The van der Waals surface area contributed by atoms with Crippen LogP contribution < -0.4 is 10.4 Å². The third kappa shape index (κ3) is 4.28. The fourth-order valence-corrected chi connectivity index (χ4v) is 2.84. The highest BCUT2D eigenvalue weighted by Gasteiger charge is 2.31. The molecule has 0 aromatic heterocycles. The summed E-state index contributed by atoms with van der Waals surface area (Å²) in [6, 6.07) is 6.10. The van der Waals surface area contributed by atoms with Crippen molar-refractivity contribution >= 4 is 11.9 Å². The lowest BCUT2D eigenvalue weighted by Gasteiger charge is -2.31. The molecule has 0 unspecified atom stereocenters. The van der Waals surface area contributed by atoms with Gasteiger partial charge in [-0.25, -0.2) is 4.39 Å². The SMILES string of the molecule is O=C([O-])[C@H]1CCCC[C@H]1C(=O)NCCc1ccc(F)cc1. The lowest BCUT2D eigenvalue weighted by molar-refractivity contribution is -0.314. The first kappa shape index (κ1) is 15.5. The van der Waals surface area contributed by atoms with Gasteiger partial charge in [-0.1, -0.05) is 25.0 Å². The fourth-order valence-electron chi connectivity index (χ4n) is 2.84. The van der Waals surface area contributed by atoms with Gasteiger partial charge in [0.15, 0.2) is 0 Å². The van der Waals surface area contributed by atoms with Crippen molar-refractivity contribution in [1.29, 1.82) is 0 Å². The van der Waals surface area contributed by atoms with E-state index in [1.165, 1.54) is 12.1 Å². The Morgan fingerprint density at radius 2 is 1.76 bits per heavy atom. The standard InChI is InChI=1S/C16H20FNO3/c17-12-7-5-11(6-8-12)9-10-18-15(19)13-3-1-2-4-14(13)16(20)21/h5-8,13-14H,1-4,9-10H2,(H,18,19)(H,20,21)/p-1/t13-,14+/m1/s1. The van der Waals surface area contributed by atoms with Crippen LogP contribution in [0.4, 0.5) is 4.39 Å². The Labute approximate surface area is 123 Å². The maximum atomic E-state index is 12.8. The highest BCUT2D eigenvalue weighted by Crippen LogP contribution is 2.29. The van der Waals surface area contributed by atoms with Crippen LogP contribution in [0.3, 0.4) is 0 Å². The fraction of sp³-hybridized carbons (Fsp3) is 0.500. The number of carbonyl (C=O) groups is 2. The third-order valence-electron chi connectivity index (χ3n) is 4.03. The number of hydrogen-bond donors (Lipinski definition) is 1. The van der Waals surface area contributed by atoms with E-state index in [2.05, 4.69) is 5.32 Å². The monoisotopic (exact) mass is 292 g/mol. The zero-order chi connectivity index (χ0) is 15.2. The smallest absolute Gasteiger partial charge is 0.223 e. The van der Waals surface area contributed by atoms with E-state index in [-0.39, 0.29) is 11.7 Å². The Morgan fingerprint density at radius 3 is 2.38 bits per heavy atom. The predicted molar refractivity (Wildman–Crippen MR) is 73.6 cm³/mol. The van der Waals surface area contributed by atoms with Gasteiger partial charge in [0, 0.05) is 24.3 Å². The van der Waals surface area contributed by atoms with E-state index in [4.69, 9.17) is 0 Å². The number of carboxylic acids is 1. The predicted octanol–water partition coefficient (Wildman–Crippen LogP) is 1.04. The summed E-state index contributed by atoms with van der Waals surface area (Å²) in [6.07, 6.45) is 3.41. The normalized spacial score (nSPS) is 21.8. The van der Waals surface area contributed by atoms with Gasteiger partial charge >= 0.3 is 0 Å². The molecule has 0 aliphatic heterocycles. The van der Waals surface area contributed by atoms with Crippen molar-refractivity contribution in [3.63, 3.8) is 0 Å². The molecule has 1 saturated carbocycles. The maximum Gasteiger partial charge on any atom is 0.223 e. The molecule has 2 atom stereocenters. The van der Waals surface area contributed by atoms with E-state index in [1.807, 2.05) is 0 Å². The van der Waals surface area contributed by atoms with Crippen LogP contribution in [0, 0.1) is 17.7 Å². The average molecular weight is 292 g/mol. The molecule has 0 spiro atoms. The van der Waals surface area contributed by atoms with Crippen LogP contribution in [-0.4, -0.2) is 18.4 Å². The number of benzene rings is 1. The first-order valence-electron chi connectivity index (χ1n) is 7.31. The first-order valence-corrected chi connectivity index (χ1v) is 7.31. The molecule has 2 rings (SSSR count). The number of carboxylic acid groups (broad SMARTS) is 1. The molecular formula is C16H19FNO3-. The molecule has 1 aliphatic carbocycles. The third-order valence-corrected chi connectivity index (χ3v) is 4.03. The van der Waals surface area contributed by atoms with Crippen molar-refractivity contribution in [3.05, 3.63) is 35.6 Å². The molecule has 1 aromatic rings. The minimum absolute atomic E-state index is 0.217. The number of hydrogen-bond acceptors (Lipinski definition) is 3. The Kier molecular flexibility index (Phi) is 5.31. The van der Waals surface area contributed by atoms with Gasteiger partial charge in [-0.3, -0.25) is 4.79 Å². The number of amides is 1. The van der Waals surface area contributed by atoms with Crippen LogP contribution in [0.15, 0.2) is 24.3 Å². The quantitative estimate of drug-likeness (QED) is 0.881. The van der Waals surface area contributed by atoms with Crippen molar-refractivity contribution in [3.8, 4) is 0 Å². The average Bonchev–Trinajstić information content (AvgIpc) is 2.49. The number of rotatable bonds is 5. The Bertz CT molecular complexity index is 501. The lowest BCUT2D eigenvalue weighted by Crippen LogP contribution is -2.44. The second-order valence-electron chi connectivity index (χ2n) is 5.48. The second kappa shape index (κ2) is 7.20. The van der Waals surface area contributed by atoms with Crippen LogP contribution in [-0.2, 0) is 16.0 Å². The second-order valence-corrected chi connectivity index (χ2v) is 5.48. The van der Waals surface area contributed by atoms with E-state index >= 15 is 0 Å². The summed E-state index contributed by atoms with van der Waals surface area (Å²) >= 11 is 0. The number of carbonyl (C=O) groups excluding carboxylic acids is 2. The van der Waals surface area contributed by atoms with Crippen molar-refractivity contribution in [1.82, 2.24) is 5.32 Å². The van der Waals surface area contributed by atoms with Crippen LogP contribution in [0.25, 0.3) is 0 Å². The van der Waals surface area contributed by atoms with Gasteiger partial charge in [-0.2, -0.15) is 0 Å². The molecule has 0 radical (unpaired) electrons.